The number of anilines is 1. The fourth-order valence-corrected chi connectivity index (χ4v) is 5.25. The van der Waals surface area contributed by atoms with E-state index in [4.69, 9.17) is 11.6 Å². The zero-order valence-electron chi connectivity index (χ0n) is 19.5. The largest absolute Gasteiger partial charge is 0.573 e. The SMILES string of the molecule is C[C@](C(=O)N[C@H]1CC2CC1CC2(F)F)(c1cncnc1)N(C(=O)[C@H](F)Cl)c1ccc(OC(F)(F)F)cc1F. The van der Waals surface area contributed by atoms with Gasteiger partial charge in [-0.25, -0.2) is 27.5 Å². The van der Waals surface area contributed by atoms with Crippen molar-refractivity contribution in [3.05, 3.63) is 48.3 Å². The van der Waals surface area contributed by atoms with E-state index in [0.717, 1.165) is 25.6 Å². The highest BCUT2D eigenvalue weighted by atomic mass is 35.5. The summed E-state index contributed by atoms with van der Waals surface area (Å²) in [6, 6.07) is 0.909. The number of carbonyl (C=O) groups excluding carboxylic acids is 2. The molecule has 1 N–H and O–H groups in total. The Morgan fingerprint density at radius 2 is 1.87 bits per heavy atom. The van der Waals surface area contributed by atoms with Crippen LogP contribution in [0.3, 0.4) is 0 Å². The van der Waals surface area contributed by atoms with Crippen molar-refractivity contribution in [1.82, 2.24) is 15.3 Å². The van der Waals surface area contributed by atoms with Gasteiger partial charge in [-0.05, 0) is 37.8 Å². The second kappa shape index (κ2) is 9.86. The molecule has 0 saturated heterocycles. The first kappa shape index (κ1) is 27.9. The molecule has 0 aliphatic heterocycles. The van der Waals surface area contributed by atoms with Crippen LogP contribution in [0.2, 0.25) is 0 Å². The van der Waals surface area contributed by atoms with Gasteiger partial charge in [0, 0.05) is 42.4 Å². The molecule has 2 bridgehead atoms. The number of nitrogens with one attached hydrogen (secondary N) is 1. The molecule has 4 rings (SSSR count). The maximum Gasteiger partial charge on any atom is 0.573 e. The number of halogens is 8. The molecule has 38 heavy (non-hydrogen) atoms. The highest BCUT2D eigenvalue weighted by molar-refractivity contribution is 6.32. The third kappa shape index (κ3) is 5.22. The summed E-state index contributed by atoms with van der Waals surface area (Å²) in [6.07, 6.45) is -2.26. The summed E-state index contributed by atoms with van der Waals surface area (Å²) in [5.74, 6) is -9.52. The molecule has 2 aromatic rings. The number of benzene rings is 1. The first-order valence-corrected chi connectivity index (χ1v) is 11.7. The molecular formula is C23H20ClF7N4O3. The molecule has 1 aromatic heterocycles. The fourth-order valence-electron chi connectivity index (χ4n) is 5.15. The third-order valence-electron chi connectivity index (χ3n) is 6.96. The van der Waals surface area contributed by atoms with Crippen molar-refractivity contribution >= 4 is 29.1 Å². The lowest BCUT2D eigenvalue weighted by molar-refractivity contribution is -0.274. The summed E-state index contributed by atoms with van der Waals surface area (Å²) in [5.41, 5.74) is -6.09. The smallest absolute Gasteiger partial charge is 0.406 e. The standard InChI is InChI=1S/C23H20ClF7N4O3/c1-21(13-8-32-10-33-9-13,20(37)34-16-5-12-4-11(16)7-22(12,27)28)35(19(36)18(24)26)17-3-2-14(6-15(17)25)38-23(29,30)31/h2-3,6,8-12,16,18H,4-5,7H2,1H3,(H,34,37)/t11?,12?,16-,18-,21+/m0/s1. The van der Waals surface area contributed by atoms with Crippen molar-refractivity contribution in [2.45, 2.75) is 55.7 Å². The molecule has 0 spiro atoms. The van der Waals surface area contributed by atoms with Crippen molar-refractivity contribution in [2.75, 3.05) is 4.90 Å². The molecule has 2 amide bonds. The van der Waals surface area contributed by atoms with Crippen LogP contribution < -0.4 is 15.0 Å². The van der Waals surface area contributed by atoms with Crippen LogP contribution in [-0.4, -0.2) is 45.7 Å². The lowest BCUT2D eigenvalue weighted by Crippen LogP contribution is -2.60. The van der Waals surface area contributed by atoms with Crippen LogP contribution in [0.1, 0.15) is 31.7 Å². The Hall–Kier alpha value is -3.16. The van der Waals surface area contributed by atoms with Gasteiger partial charge in [-0.15, -0.1) is 13.2 Å². The first-order chi connectivity index (χ1) is 17.6. The van der Waals surface area contributed by atoms with E-state index in [2.05, 4.69) is 20.0 Å². The molecule has 1 heterocycles. The predicted octanol–water partition coefficient (Wildman–Crippen LogP) is 4.85. The van der Waals surface area contributed by atoms with E-state index in [1.165, 1.54) is 0 Å². The zero-order valence-corrected chi connectivity index (χ0v) is 20.2. The summed E-state index contributed by atoms with van der Waals surface area (Å²) in [5, 5.41) is 2.61. The Kier molecular flexibility index (Phi) is 7.23. The molecule has 2 saturated carbocycles. The molecule has 2 aliphatic carbocycles. The molecule has 206 valence electrons. The minimum absolute atomic E-state index is 0.0577. The van der Waals surface area contributed by atoms with E-state index >= 15 is 4.39 Å². The van der Waals surface area contributed by atoms with Gasteiger partial charge in [0.25, 0.3) is 23.4 Å². The minimum atomic E-state index is -5.16. The van der Waals surface area contributed by atoms with Crippen molar-refractivity contribution < 1.29 is 45.1 Å². The van der Waals surface area contributed by atoms with Crippen LogP contribution in [0.5, 0.6) is 5.75 Å². The van der Waals surface area contributed by atoms with Crippen molar-refractivity contribution in [3.8, 4) is 5.75 Å². The topological polar surface area (TPSA) is 84.4 Å². The first-order valence-electron chi connectivity index (χ1n) is 11.2. The molecule has 2 aliphatic rings. The van der Waals surface area contributed by atoms with Gasteiger partial charge in [-0.3, -0.25) is 14.5 Å². The molecular weight excluding hydrogens is 549 g/mol. The van der Waals surface area contributed by atoms with Crippen molar-refractivity contribution in [1.29, 1.82) is 0 Å². The van der Waals surface area contributed by atoms with Crippen LogP contribution >= 0.6 is 11.6 Å². The summed E-state index contributed by atoms with van der Waals surface area (Å²) < 4.78 is 98.9. The quantitative estimate of drug-likeness (QED) is 0.381. The van der Waals surface area contributed by atoms with Gasteiger partial charge in [0.15, 0.2) is 11.4 Å². The van der Waals surface area contributed by atoms with E-state index in [9.17, 15) is 35.9 Å². The van der Waals surface area contributed by atoms with E-state index in [1.807, 2.05) is 0 Å². The lowest BCUT2D eigenvalue weighted by Gasteiger charge is -2.41. The van der Waals surface area contributed by atoms with Crippen molar-refractivity contribution in [2.24, 2.45) is 11.8 Å². The zero-order chi connectivity index (χ0) is 28.0. The molecule has 7 nitrogen and oxygen atoms in total. The summed E-state index contributed by atoms with van der Waals surface area (Å²) in [4.78, 5) is 34.7. The number of nitrogens with zero attached hydrogens (tertiary/aromatic N) is 3. The maximum atomic E-state index is 15.2. The number of carbonyl (C=O) groups is 2. The van der Waals surface area contributed by atoms with Gasteiger partial charge in [-0.1, -0.05) is 11.6 Å². The highest BCUT2D eigenvalue weighted by Gasteiger charge is 2.58. The Morgan fingerprint density at radius 3 is 2.37 bits per heavy atom. The predicted molar refractivity (Wildman–Crippen MR) is 118 cm³/mol. The number of hydrogen-bond donors (Lipinski definition) is 1. The number of amides is 2. The molecule has 0 radical (unpaired) electrons. The van der Waals surface area contributed by atoms with Crippen LogP contribution in [-0.2, 0) is 15.1 Å². The Labute approximate surface area is 216 Å². The van der Waals surface area contributed by atoms with Gasteiger partial charge in [-0.2, -0.15) is 0 Å². The van der Waals surface area contributed by atoms with E-state index < -0.39 is 76.8 Å². The number of hydrogen-bond acceptors (Lipinski definition) is 5. The average Bonchev–Trinajstić information content (AvgIpc) is 3.35. The number of ether oxygens (including phenoxy) is 1. The number of fused-ring (bicyclic) bond motifs is 2. The van der Waals surface area contributed by atoms with Gasteiger partial charge < -0.3 is 10.1 Å². The van der Waals surface area contributed by atoms with Gasteiger partial charge in [0.2, 0.25) is 0 Å². The van der Waals surface area contributed by atoms with E-state index in [0.29, 0.717) is 23.1 Å². The summed E-state index contributed by atoms with van der Waals surface area (Å²) in [7, 11) is 0. The summed E-state index contributed by atoms with van der Waals surface area (Å²) in [6.45, 7) is 1.10. The van der Waals surface area contributed by atoms with Crippen molar-refractivity contribution in [3.63, 3.8) is 0 Å². The third-order valence-corrected chi connectivity index (χ3v) is 7.14. The molecule has 2 unspecified atom stereocenters. The number of aromatic nitrogens is 2. The molecule has 1 aromatic carbocycles. The molecule has 2 fully saturated rings. The minimum Gasteiger partial charge on any atom is -0.406 e. The second-order valence-electron chi connectivity index (χ2n) is 9.31. The van der Waals surface area contributed by atoms with Crippen LogP contribution in [0.15, 0.2) is 36.9 Å². The maximum absolute atomic E-state index is 15.2. The monoisotopic (exact) mass is 568 g/mol. The van der Waals surface area contributed by atoms with Crippen LogP contribution in [0, 0.1) is 17.7 Å². The van der Waals surface area contributed by atoms with Crippen LogP contribution in [0.25, 0.3) is 0 Å². The normalized spacial score (nSPS) is 24.4. The van der Waals surface area contributed by atoms with Gasteiger partial charge in [0.1, 0.15) is 12.1 Å². The Balaban J connectivity index is 1.77. The van der Waals surface area contributed by atoms with E-state index in [-0.39, 0.29) is 18.4 Å². The lowest BCUT2D eigenvalue weighted by atomic mass is 9.87. The number of rotatable bonds is 7. The van der Waals surface area contributed by atoms with E-state index in [1.54, 1.807) is 0 Å². The van der Waals surface area contributed by atoms with Gasteiger partial charge in [0.05, 0.1) is 5.69 Å². The van der Waals surface area contributed by atoms with Crippen LogP contribution in [0.4, 0.5) is 36.4 Å². The summed E-state index contributed by atoms with van der Waals surface area (Å²) >= 11 is 5.39. The average molecular weight is 569 g/mol. The highest BCUT2D eigenvalue weighted by Crippen LogP contribution is 2.54. The fraction of sp³-hybridized carbons (Fsp3) is 0.478. The van der Waals surface area contributed by atoms with Gasteiger partial charge >= 0.3 is 6.36 Å². The second-order valence-corrected chi connectivity index (χ2v) is 9.69. The molecule has 15 heteroatoms. The Bertz CT molecular complexity index is 1220. The molecule has 5 atom stereocenters. The Morgan fingerprint density at radius 1 is 1.21 bits per heavy atom. The number of alkyl halides is 7.